The van der Waals surface area contributed by atoms with Gasteiger partial charge in [-0.25, -0.2) is 4.98 Å². The number of nitrogens with one attached hydrogen (secondary N) is 1. The highest BCUT2D eigenvalue weighted by Gasteiger charge is 2.30. The molecule has 0 aromatic carbocycles. The summed E-state index contributed by atoms with van der Waals surface area (Å²) in [4.78, 5) is 28.3. The topological polar surface area (TPSA) is 64.1 Å². The highest BCUT2D eigenvalue weighted by Crippen LogP contribution is 2.14. The van der Waals surface area contributed by atoms with Crippen LogP contribution >= 0.6 is 11.3 Å². The van der Waals surface area contributed by atoms with Crippen LogP contribution in [0.1, 0.15) is 36.9 Å². The summed E-state index contributed by atoms with van der Waals surface area (Å²) < 4.78 is 0. The van der Waals surface area contributed by atoms with Gasteiger partial charge in [0.05, 0.1) is 11.0 Å². The summed E-state index contributed by atoms with van der Waals surface area (Å²) in [6, 6.07) is -0.0167. The van der Waals surface area contributed by atoms with E-state index >= 15 is 0 Å². The zero-order chi connectivity index (χ0) is 19.9. The highest BCUT2D eigenvalue weighted by atomic mass is 32.1. The van der Waals surface area contributed by atoms with E-state index in [0.717, 1.165) is 83.2 Å². The predicted molar refractivity (Wildman–Crippen MR) is 115 cm³/mol. The second-order valence-corrected chi connectivity index (χ2v) is 8.63. The summed E-state index contributed by atoms with van der Waals surface area (Å²) in [6.45, 7) is 10.5. The molecular weight excluding hydrogens is 372 g/mol. The van der Waals surface area contributed by atoms with Crippen LogP contribution in [0.25, 0.3) is 0 Å². The van der Waals surface area contributed by atoms with Crippen LogP contribution in [-0.4, -0.2) is 90.5 Å². The maximum Gasteiger partial charge on any atom is 0.239 e. The lowest BCUT2D eigenvalue weighted by Gasteiger charge is -2.39. The average molecular weight is 407 g/mol. The lowest BCUT2D eigenvalue weighted by molar-refractivity contribution is -0.135. The van der Waals surface area contributed by atoms with Crippen LogP contribution in [0.15, 0.2) is 10.4 Å². The van der Waals surface area contributed by atoms with Gasteiger partial charge in [-0.05, 0) is 33.1 Å². The smallest absolute Gasteiger partial charge is 0.239 e. The molecule has 0 spiro atoms. The first-order valence-corrected chi connectivity index (χ1v) is 11.4. The lowest BCUT2D eigenvalue weighted by atomic mass is 10.2. The number of aliphatic imine (C=N–C) groups is 1. The number of amides is 1. The Morgan fingerprint density at radius 3 is 2.54 bits per heavy atom. The van der Waals surface area contributed by atoms with Crippen molar-refractivity contribution in [2.45, 2.75) is 45.6 Å². The molecular formula is C20H34N6OS. The number of carbonyl (C=O) groups is 1. The van der Waals surface area contributed by atoms with Gasteiger partial charge in [0.1, 0.15) is 0 Å². The summed E-state index contributed by atoms with van der Waals surface area (Å²) in [6.07, 6.45) is 4.35. The van der Waals surface area contributed by atoms with Crippen molar-refractivity contribution in [2.75, 3.05) is 52.9 Å². The fraction of sp³-hybridized carbons (Fsp3) is 0.750. The van der Waals surface area contributed by atoms with Gasteiger partial charge in [-0.15, -0.1) is 11.3 Å². The molecule has 2 saturated heterocycles. The molecule has 7 nitrogen and oxygen atoms in total. The second kappa shape index (κ2) is 10.2. The number of aryl methyl sites for hydroxylation is 2. The van der Waals surface area contributed by atoms with Crippen LogP contribution in [0, 0.1) is 6.92 Å². The third-order valence-corrected chi connectivity index (χ3v) is 6.69. The van der Waals surface area contributed by atoms with E-state index in [-0.39, 0.29) is 6.04 Å². The van der Waals surface area contributed by atoms with Gasteiger partial charge in [-0.2, -0.15) is 0 Å². The van der Waals surface area contributed by atoms with Gasteiger partial charge in [0.25, 0.3) is 0 Å². The lowest BCUT2D eigenvalue weighted by Crippen LogP contribution is -2.57. The maximum atomic E-state index is 12.6. The Hall–Kier alpha value is -1.67. The van der Waals surface area contributed by atoms with Crippen molar-refractivity contribution in [1.29, 1.82) is 0 Å². The largest absolute Gasteiger partial charge is 0.356 e. The molecule has 0 bridgehead atoms. The predicted octanol–water partition coefficient (Wildman–Crippen LogP) is 1.59. The standard InChI is InChI=1S/C20H34N6OS/c1-16-15-28-18(23-16)7-6-8-22-20(21-3)26-13-11-24(12-14-26)17(2)19(27)25-9-4-5-10-25/h15,17H,4-14H2,1-3H3,(H,21,22). The summed E-state index contributed by atoms with van der Waals surface area (Å²) in [5.74, 6) is 1.26. The normalized spacial score (nSPS) is 19.9. The molecule has 3 rings (SSSR count). The Labute approximate surface area is 172 Å². The van der Waals surface area contributed by atoms with Gasteiger partial charge >= 0.3 is 0 Å². The van der Waals surface area contributed by atoms with Gasteiger partial charge in [0.15, 0.2) is 5.96 Å². The molecule has 1 aromatic heterocycles. The summed E-state index contributed by atoms with van der Waals surface area (Å²) in [7, 11) is 1.85. The molecule has 2 fully saturated rings. The number of carbonyl (C=O) groups excluding carboxylic acids is 1. The van der Waals surface area contributed by atoms with E-state index in [1.54, 1.807) is 11.3 Å². The van der Waals surface area contributed by atoms with Gasteiger partial charge < -0.3 is 15.1 Å². The van der Waals surface area contributed by atoms with E-state index < -0.39 is 0 Å². The zero-order valence-corrected chi connectivity index (χ0v) is 18.3. The number of hydrogen-bond donors (Lipinski definition) is 1. The number of rotatable bonds is 6. The van der Waals surface area contributed by atoms with E-state index in [2.05, 4.69) is 37.4 Å². The molecule has 8 heteroatoms. The monoisotopic (exact) mass is 406 g/mol. The first-order valence-electron chi connectivity index (χ1n) is 10.5. The molecule has 1 N–H and O–H groups in total. The molecule has 1 atom stereocenters. The van der Waals surface area contributed by atoms with Gasteiger partial charge in [-0.1, -0.05) is 0 Å². The minimum Gasteiger partial charge on any atom is -0.356 e. The van der Waals surface area contributed by atoms with Crippen LogP contribution < -0.4 is 5.32 Å². The minimum atomic E-state index is -0.0167. The molecule has 0 radical (unpaired) electrons. The number of guanidine groups is 1. The Morgan fingerprint density at radius 2 is 1.93 bits per heavy atom. The fourth-order valence-electron chi connectivity index (χ4n) is 3.97. The molecule has 1 amide bonds. The van der Waals surface area contributed by atoms with Gasteiger partial charge in [-0.3, -0.25) is 14.7 Å². The number of aromatic nitrogens is 1. The molecule has 2 aliphatic heterocycles. The molecule has 3 heterocycles. The first-order chi connectivity index (χ1) is 13.6. The van der Waals surface area contributed by atoms with Crippen molar-refractivity contribution in [3.63, 3.8) is 0 Å². The highest BCUT2D eigenvalue weighted by molar-refractivity contribution is 7.09. The Balaban J connectivity index is 1.39. The third-order valence-electron chi connectivity index (χ3n) is 5.67. The SMILES string of the molecule is CN=C(NCCCc1nc(C)cs1)N1CCN(C(C)C(=O)N2CCCC2)CC1. The number of piperazine rings is 1. The van der Waals surface area contributed by atoms with E-state index in [1.807, 2.05) is 18.9 Å². The van der Waals surface area contributed by atoms with E-state index in [4.69, 9.17) is 0 Å². The van der Waals surface area contributed by atoms with E-state index in [1.165, 1.54) is 5.01 Å². The van der Waals surface area contributed by atoms with Crippen LogP contribution in [0.4, 0.5) is 0 Å². The van der Waals surface area contributed by atoms with Crippen molar-refractivity contribution in [1.82, 2.24) is 25.0 Å². The van der Waals surface area contributed by atoms with Crippen LogP contribution in [0.3, 0.4) is 0 Å². The van der Waals surface area contributed by atoms with Crippen LogP contribution in [0.2, 0.25) is 0 Å². The summed E-state index contributed by atoms with van der Waals surface area (Å²) >= 11 is 1.74. The molecule has 0 saturated carbocycles. The maximum absolute atomic E-state index is 12.6. The van der Waals surface area contributed by atoms with Crippen molar-refractivity contribution >= 4 is 23.2 Å². The minimum absolute atomic E-state index is 0.0167. The Kier molecular flexibility index (Phi) is 7.67. The molecule has 1 aromatic rings. The quantitative estimate of drug-likeness (QED) is 0.442. The molecule has 156 valence electrons. The van der Waals surface area contributed by atoms with Crippen molar-refractivity contribution in [3.8, 4) is 0 Å². The van der Waals surface area contributed by atoms with Gasteiger partial charge in [0.2, 0.25) is 5.91 Å². The number of hydrogen-bond acceptors (Lipinski definition) is 5. The molecule has 2 aliphatic rings. The summed E-state index contributed by atoms with van der Waals surface area (Å²) in [5, 5.41) is 6.80. The van der Waals surface area contributed by atoms with Crippen LogP contribution in [-0.2, 0) is 11.2 Å². The summed E-state index contributed by atoms with van der Waals surface area (Å²) in [5.41, 5.74) is 1.11. The number of nitrogens with zero attached hydrogens (tertiary/aromatic N) is 5. The van der Waals surface area contributed by atoms with Gasteiger partial charge in [0, 0.05) is 70.4 Å². The fourth-order valence-corrected chi connectivity index (χ4v) is 4.79. The van der Waals surface area contributed by atoms with Crippen LogP contribution in [0.5, 0.6) is 0 Å². The van der Waals surface area contributed by atoms with E-state index in [9.17, 15) is 4.79 Å². The van der Waals surface area contributed by atoms with E-state index in [0.29, 0.717) is 5.91 Å². The third kappa shape index (κ3) is 5.44. The number of thiazole rings is 1. The average Bonchev–Trinajstić information content (AvgIpc) is 3.39. The Bertz CT molecular complexity index is 661. The Morgan fingerprint density at radius 1 is 1.21 bits per heavy atom. The number of likely N-dealkylation sites (tertiary alicyclic amines) is 1. The zero-order valence-electron chi connectivity index (χ0n) is 17.5. The molecule has 0 aliphatic carbocycles. The van der Waals surface area contributed by atoms with Crippen molar-refractivity contribution in [2.24, 2.45) is 4.99 Å². The first kappa shape index (κ1) is 21.0. The van der Waals surface area contributed by atoms with Crippen molar-refractivity contribution in [3.05, 3.63) is 16.1 Å². The van der Waals surface area contributed by atoms with Crippen molar-refractivity contribution < 1.29 is 4.79 Å². The second-order valence-electron chi connectivity index (χ2n) is 7.69. The molecule has 1 unspecified atom stereocenters. The molecule has 28 heavy (non-hydrogen) atoms.